The van der Waals surface area contributed by atoms with E-state index in [0.717, 1.165) is 36.9 Å². The van der Waals surface area contributed by atoms with Gasteiger partial charge in [0.15, 0.2) is 5.78 Å². The summed E-state index contributed by atoms with van der Waals surface area (Å²) in [6, 6.07) is 0. The molecule has 1 aromatic heterocycles. The quantitative estimate of drug-likeness (QED) is 0.592. The van der Waals surface area contributed by atoms with E-state index in [9.17, 15) is 9.59 Å². The first-order valence-corrected chi connectivity index (χ1v) is 6.02. The van der Waals surface area contributed by atoms with E-state index in [-0.39, 0.29) is 5.78 Å². The summed E-state index contributed by atoms with van der Waals surface area (Å²) in [5.41, 5.74) is 1.97. The average Bonchev–Trinajstić information content (AvgIpc) is 2.78. The number of hydrogen-bond donors (Lipinski definition) is 0. The van der Waals surface area contributed by atoms with Crippen molar-refractivity contribution in [3.05, 3.63) is 17.0 Å². The van der Waals surface area contributed by atoms with E-state index in [1.54, 1.807) is 0 Å². The molecule has 17 heavy (non-hydrogen) atoms. The van der Waals surface area contributed by atoms with Gasteiger partial charge in [0, 0.05) is 29.6 Å². The van der Waals surface area contributed by atoms with Gasteiger partial charge in [0.2, 0.25) is 0 Å². The zero-order chi connectivity index (χ0) is 12.6. The average molecular weight is 234 g/mol. The van der Waals surface area contributed by atoms with Crippen molar-refractivity contribution in [2.45, 2.75) is 46.6 Å². The van der Waals surface area contributed by atoms with E-state index in [4.69, 9.17) is 0 Å². The maximum atomic E-state index is 12.3. The van der Waals surface area contributed by atoms with Crippen LogP contribution in [0, 0.1) is 5.41 Å². The van der Waals surface area contributed by atoms with Crippen molar-refractivity contribution in [3.63, 3.8) is 0 Å². The molecule has 0 saturated heterocycles. The lowest BCUT2D eigenvalue weighted by Crippen LogP contribution is -2.22. The minimum atomic E-state index is -0.451. The number of aldehydes is 1. The Morgan fingerprint density at radius 1 is 1.47 bits per heavy atom. The maximum absolute atomic E-state index is 12.3. The Labute approximate surface area is 101 Å². The molecule has 0 bridgehead atoms. The summed E-state index contributed by atoms with van der Waals surface area (Å²) in [5.74, 6) is 0.0243. The lowest BCUT2D eigenvalue weighted by atomic mass is 9.87. The Morgan fingerprint density at radius 2 is 2.18 bits per heavy atom. The lowest BCUT2D eigenvalue weighted by Gasteiger charge is -2.15. The first kappa shape index (κ1) is 12.0. The third-order valence-corrected chi connectivity index (χ3v) is 3.13. The highest BCUT2D eigenvalue weighted by Crippen LogP contribution is 2.27. The fourth-order valence-electron chi connectivity index (χ4n) is 2.23. The molecule has 0 unspecified atom stereocenters. The van der Waals surface area contributed by atoms with Gasteiger partial charge in [0.05, 0.1) is 0 Å². The van der Waals surface area contributed by atoms with Gasteiger partial charge in [-0.15, -0.1) is 0 Å². The van der Waals surface area contributed by atoms with Gasteiger partial charge < -0.3 is 4.79 Å². The van der Waals surface area contributed by atoms with E-state index in [0.29, 0.717) is 12.1 Å². The van der Waals surface area contributed by atoms with E-state index < -0.39 is 5.41 Å². The van der Waals surface area contributed by atoms with Crippen LogP contribution in [0.25, 0.3) is 0 Å². The number of hydrogen-bond acceptors (Lipinski definition) is 3. The monoisotopic (exact) mass is 234 g/mol. The highest BCUT2D eigenvalue weighted by Gasteiger charge is 2.31. The van der Waals surface area contributed by atoms with Crippen molar-refractivity contribution in [1.82, 2.24) is 9.78 Å². The number of ketones is 1. The second kappa shape index (κ2) is 4.09. The summed E-state index contributed by atoms with van der Waals surface area (Å²) < 4.78 is 1.89. The van der Waals surface area contributed by atoms with Crippen molar-refractivity contribution >= 4 is 12.1 Å². The molecule has 1 aromatic rings. The third kappa shape index (κ3) is 2.04. The number of rotatable bonds is 3. The van der Waals surface area contributed by atoms with Crippen LogP contribution in [0.4, 0.5) is 0 Å². The van der Waals surface area contributed by atoms with E-state index in [2.05, 4.69) is 5.10 Å². The lowest BCUT2D eigenvalue weighted by molar-refractivity contribution is -0.107. The van der Waals surface area contributed by atoms with Gasteiger partial charge in [0.25, 0.3) is 0 Å². The molecular formula is C13H18N2O2. The molecule has 0 radical (unpaired) electrons. The number of carbonyl (C=O) groups excluding carboxylic acids is 2. The molecule has 0 N–H and O–H groups in total. The predicted octanol–water partition coefficient (Wildman–Crippen LogP) is 1.80. The molecule has 2 rings (SSSR count). The highest BCUT2D eigenvalue weighted by atomic mass is 16.1. The molecular weight excluding hydrogens is 216 g/mol. The van der Waals surface area contributed by atoms with Gasteiger partial charge in [-0.2, -0.15) is 5.10 Å². The molecule has 0 atom stereocenters. The minimum Gasteiger partial charge on any atom is -0.303 e. The van der Waals surface area contributed by atoms with Gasteiger partial charge >= 0.3 is 0 Å². The predicted molar refractivity (Wildman–Crippen MR) is 64.1 cm³/mol. The summed E-state index contributed by atoms with van der Waals surface area (Å²) in [4.78, 5) is 23.0. The number of carbonyl (C=O) groups is 2. The summed E-state index contributed by atoms with van der Waals surface area (Å²) in [7, 11) is 0. The standard InChI is InChI=1S/C13H18N2O2/c1-13(2,3)12(17)11-9(6-8-16)10-5-4-7-15(10)14-11/h8H,4-7H2,1-3H3. The molecule has 2 heterocycles. The van der Waals surface area contributed by atoms with Crippen LogP contribution in [-0.2, 0) is 24.2 Å². The van der Waals surface area contributed by atoms with E-state index in [1.165, 1.54) is 0 Å². The number of aryl methyl sites for hydroxylation is 1. The maximum Gasteiger partial charge on any atom is 0.188 e. The smallest absolute Gasteiger partial charge is 0.188 e. The van der Waals surface area contributed by atoms with E-state index in [1.807, 2.05) is 25.5 Å². The molecule has 4 nitrogen and oxygen atoms in total. The highest BCUT2D eigenvalue weighted by molar-refractivity contribution is 6.00. The fourth-order valence-corrected chi connectivity index (χ4v) is 2.23. The van der Waals surface area contributed by atoms with E-state index >= 15 is 0 Å². The fraction of sp³-hybridized carbons (Fsp3) is 0.615. The molecule has 0 aromatic carbocycles. The Bertz CT molecular complexity index is 466. The van der Waals surface area contributed by atoms with Crippen LogP contribution in [0.2, 0.25) is 0 Å². The molecule has 1 aliphatic rings. The number of aromatic nitrogens is 2. The number of fused-ring (bicyclic) bond motifs is 1. The molecule has 0 spiro atoms. The van der Waals surface area contributed by atoms with Crippen LogP contribution in [0.3, 0.4) is 0 Å². The summed E-state index contributed by atoms with van der Waals surface area (Å²) in [6.45, 7) is 6.50. The topological polar surface area (TPSA) is 52.0 Å². The van der Waals surface area contributed by atoms with Crippen molar-refractivity contribution in [1.29, 1.82) is 0 Å². The first-order chi connectivity index (χ1) is 7.95. The Kier molecular flexibility index (Phi) is 2.89. The van der Waals surface area contributed by atoms with Gasteiger partial charge in [-0.25, -0.2) is 0 Å². The normalized spacial score (nSPS) is 14.8. The molecule has 0 amide bonds. The zero-order valence-corrected chi connectivity index (χ0v) is 10.6. The van der Waals surface area contributed by atoms with Gasteiger partial charge in [-0.05, 0) is 12.8 Å². The van der Waals surface area contributed by atoms with Crippen LogP contribution in [-0.4, -0.2) is 21.8 Å². The SMILES string of the molecule is CC(C)(C)C(=O)c1nn2c(c1CC=O)CCC2. The summed E-state index contributed by atoms with van der Waals surface area (Å²) in [5, 5.41) is 4.38. The van der Waals surface area contributed by atoms with Crippen LogP contribution in [0.5, 0.6) is 0 Å². The summed E-state index contributed by atoms with van der Waals surface area (Å²) in [6.07, 6.45) is 3.13. The van der Waals surface area contributed by atoms with Gasteiger partial charge in [-0.3, -0.25) is 9.48 Å². The van der Waals surface area contributed by atoms with Crippen molar-refractivity contribution in [2.24, 2.45) is 5.41 Å². The van der Waals surface area contributed by atoms with Crippen LogP contribution < -0.4 is 0 Å². The molecule has 1 aliphatic heterocycles. The molecule has 0 fully saturated rings. The Morgan fingerprint density at radius 3 is 2.76 bits per heavy atom. The van der Waals surface area contributed by atoms with Gasteiger partial charge in [0.1, 0.15) is 12.0 Å². The van der Waals surface area contributed by atoms with Gasteiger partial charge in [-0.1, -0.05) is 20.8 Å². The molecule has 92 valence electrons. The number of Topliss-reactive ketones (excluding diaryl/α,β-unsaturated/α-hetero) is 1. The molecule has 0 saturated carbocycles. The van der Waals surface area contributed by atoms with Crippen molar-refractivity contribution in [2.75, 3.05) is 0 Å². The second-order valence-corrected chi connectivity index (χ2v) is 5.55. The largest absolute Gasteiger partial charge is 0.303 e. The Balaban J connectivity index is 2.47. The second-order valence-electron chi connectivity index (χ2n) is 5.55. The van der Waals surface area contributed by atoms with Crippen LogP contribution >= 0.6 is 0 Å². The van der Waals surface area contributed by atoms with Crippen molar-refractivity contribution in [3.8, 4) is 0 Å². The third-order valence-electron chi connectivity index (χ3n) is 3.13. The Hall–Kier alpha value is -1.45. The van der Waals surface area contributed by atoms with Crippen LogP contribution in [0.1, 0.15) is 48.9 Å². The van der Waals surface area contributed by atoms with Crippen LogP contribution in [0.15, 0.2) is 0 Å². The molecule has 0 aliphatic carbocycles. The zero-order valence-electron chi connectivity index (χ0n) is 10.6. The number of nitrogens with zero attached hydrogens (tertiary/aromatic N) is 2. The molecule has 4 heteroatoms. The minimum absolute atomic E-state index is 0.0243. The first-order valence-electron chi connectivity index (χ1n) is 6.02. The summed E-state index contributed by atoms with van der Waals surface area (Å²) >= 11 is 0. The van der Waals surface area contributed by atoms with Crippen molar-refractivity contribution < 1.29 is 9.59 Å².